The molecular weight excluding hydrogens is 775 g/mol. The molecule has 0 N–H and O–H groups in total. The summed E-state index contributed by atoms with van der Waals surface area (Å²) in [7, 11) is 0. The van der Waals surface area contributed by atoms with Gasteiger partial charge in [-0.1, -0.05) is 182 Å². The number of fused-ring (bicyclic) bond motifs is 14. The molecule has 0 bridgehead atoms. The van der Waals surface area contributed by atoms with Crippen molar-refractivity contribution >= 4 is 38.7 Å². The van der Waals surface area contributed by atoms with Crippen LogP contribution in [0.15, 0.2) is 224 Å². The summed E-state index contributed by atoms with van der Waals surface area (Å²) in [4.78, 5) is 12.7. The van der Waals surface area contributed by atoms with E-state index in [1.54, 1.807) is 0 Å². The molecule has 0 amide bonds. The number of anilines is 3. The largest absolute Gasteiger partial charge is 0.310 e. The second-order valence-corrected chi connectivity index (χ2v) is 17.2. The Labute approximate surface area is 371 Å². The van der Waals surface area contributed by atoms with Gasteiger partial charge in [0.2, 0.25) is 0 Å². The number of hydrogen-bond acceptors (Lipinski definition) is 3. The lowest BCUT2D eigenvalue weighted by molar-refractivity contribution is 0.753. The second-order valence-electron chi connectivity index (χ2n) is 17.2. The Bertz CT molecular complexity index is 3670. The fourth-order valence-corrected chi connectivity index (χ4v) is 11.4. The molecule has 296 valence electrons. The molecule has 2 heterocycles. The quantitative estimate of drug-likeness (QED) is 0.177. The smallest absolute Gasteiger partial charge is 0.160 e. The minimum absolute atomic E-state index is 0.607. The summed E-state index contributed by atoms with van der Waals surface area (Å²) in [6.45, 7) is 0. The van der Waals surface area contributed by atoms with Crippen molar-refractivity contribution in [1.29, 1.82) is 0 Å². The third-order valence-corrected chi connectivity index (χ3v) is 14.0. The number of nitrogens with zero attached hydrogens (tertiary/aromatic N) is 3. The van der Waals surface area contributed by atoms with Gasteiger partial charge in [-0.25, -0.2) is 9.97 Å². The van der Waals surface area contributed by atoms with Gasteiger partial charge in [0.05, 0.1) is 28.0 Å². The molecule has 1 spiro atoms. The maximum absolute atomic E-state index is 5.18. The van der Waals surface area contributed by atoms with Crippen molar-refractivity contribution in [3.63, 3.8) is 0 Å². The molecule has 11 aromatic rings. The van der Waals surface area contributed by atoms with Crippen molar-refractivity contribution in [3.05, 3.63) is 247 Å². The van der Waals surface area contributed by atoms with Crippen LogP contribution in [0.3, 0.4) is 0 Å². The van der Waals surface area contributed by atoms with Crippen LogP contribution in [0.4, 0.5) is 17.1 Å². The number of hydrogen-bond donors (Lipinski definition) is 0. The number of aromatic nitrogens is 2. The molecule has 0 saturated heterocycles. The van der Waals surface area contributed by atoms with Crippen molar-refractivity contribution in [2.45, 2.75) is 5.41 Å². The first-order chi connectivity index (χ1) is 31.8. The van der Waals surface area contributed by atoms with E-state index >= 15 is 0 Å². The highest BCUT2D eigenvalue weighted by Gasteiger charge is 2.53. The van der Waals surface area contributed by atoms with E-state index in [1.165, 1.54) is 83.3 Å². The third-order valence-electron chi connectivity index (χ3n) is 14.0. The first-order valence-corrected chi connectivity index (χ1v) is 22.1. The molecule has 1 aromatic heterocycles. The summed E-state index contributed by atoms with van der Waals surface area (Å²) in [5, 5.41) is 3.70. The van der Waals surface area contributed by atoms with Gasteiger partial charge in [-0.15, -0.1) is 0 Å². The topological polar surface area (TPSA) is 29.0 Å². The first-order valence-electron chi connectivity index (χ1n) is 22.1. The summed E-state index contributed by atoms with van der Waals surface area (Å²) >= 11 is 0. The lowest BCUT2D eigenvalue weighted by Crippen LogP contribution is -2.36. The van der Waals surface area contributed by atoms with Gasteiger partial charge < -0.3 is 4.90 Å². The van der Waals surface area contributed by atoms with E-state index in [9.17, 15) is 0 Å². The summed E-state index contributed by atoms with van der Waals surface area (Å²) < 4.78 is 0. The van der Waals surface area contributed by atoms with Crippen LogP contribution in [-0.2, 0) is 5.41 Å². The lowest BCUT2D eigenvalue weighted by atomic mass is 9.64. The normalized spacial score (nSPS) is 13.4. The Hall–Kier alpha value is -8.40. The summed E-state index contributed by atoms with van der Waals surface area (Å²) in [5.41, 5.74) is 22.2. The number of para-hydroxylation sites is 4. The second kappa shape index (κ2) is 13.3. The molecule has 64 heavy (non-hydrogen) atoms. The van der Waals surface area contributed by atoms with Gasteiger partial charge in [-0.2, -0.15) is 0 Å². The zero-order chi connectivity index (χ0) is 41.9. The molecule has 3 heteroatoms. The Kier molecular flexibility index (Phi) is 7.32. The molecule has 0 fully saturated rings. The minimum atomic E-state index is -0.607. The van der Waals surface area contributed by atoms with Gasteiger partial charge in [0.1, 0.15) is 0 Å². The van der Waals surface area contributed by atoms with Gasteiger partial charge in [0.15, 0.2) is 5.82 Å². The minimum Gasteiger partial charge on any atom is -0.310 e. The predicted molar refractivity (Wildman–Crippen MR) is 263 cm³/mol. The summed E-state index contributed by atoms with van der Waals surface area (Å²) in [6, 6.07) is 82.2. The molecule has 0 saturated carbocycles. The molecule has 10 aromatic carbocycles. The monoisotopic (exact) mass is 811 g/mol. The van der Waals surface area contributed by atoms with Crippen LogP contribution >= 0.6 is 0 Å². The molecule has 3 nitrogen and oxygen atoms in total. The van der Waals surface area contributed by atoms with Gasteiger partial charge in [0.25, 0.3) is 0 Å². The van der Waals surface area contributed by atoms with Crippen LogP contribution < -0.4 is 4.90 Å². The van der Waals surface area contributed by atoms with E-state index in [0.717, 1.165) is 44.8 Å². The number of rotatable bonds is 4. The van der Waals surface area contributed by atoms with Crippen LogP contribution in [0.1, 0.15) is 22.3 Å². The van der Waals surface area contributed by atoms with Gasteiger partial charge >= 0.3 is 0 Å². The molecule has 14 rings (SSSR count). The van der Waals surface area contributed by atoms with Crippen LogP contribution in [0.5, 0.6) is 0 Å². The lowest BCUT2D eigenvalue weighted by Gasteiger charge is -2.45. The molecule has 0 atom stereocenters. The van der Waals surface area contributed by atoms with E-state index < -0.39 is 5.41 Å². The molecule has 3 aliphatic rings. The Morgan fingerprint density at radius 2 is 0.938 bits per heavy atom. The van der Waals surface area contributed by atoms with Crippen LogP contribution in [0.2, 0.25) is 0 Å². The van der Waals surface area contributed by atoms with Crippen molar-refractivity contribution in [3.8, 4) is 67.2 Å². The first kappa shape index (κ1) is 35.2. The van der Waals surface area contributed by atoms with E-state index in [4.69, 9.17) is 9.97 Å². The average Bonchev–Trinajstić information content (AvgIpc) is 3.85. The van der Waals surface area contributed by atoms with E-state index in [-0.39, 0.29) is 0 Å². The highest BCUT2D eigenvalue weighted by atomic mass is 15.2. The molecule has 0 radical (unpaired) electrons. The van der Waals surface area contributed by atoms with E-state index in [1.807, 2.05) is 12.1 Å². The van der Waals surface area contributed by atoms with Crippen molar-refractivity contribution < 1.29 is 0 Å². The van der Waals surface area contributed by atoms with Crippen LogP contribution in [-0.4, -0.2) is 9.97 Å². The maximum Gasteiger partial charge on any atom is 0.160 e. The zero-order valence-corrected chi connectivity index (χ0v) is 34.7. The van der Waals surface area contributed by atoms with Gasteiger partial charge in [-0.3, -0.25) is 0 Å². The highest BCUT2D eigenvalue weighted by Crippen LogP contribution is 2.66. The Balaban J connectivity index is 1.01. The highest BCUT2D eigenvalue weighted by molar-refractivity contribution is 6.21. The SMILES string of the molecule is c1ccc(-c2nc(-c3ccc(-c4ccc5c(c4)C4(c6ccccc6N(c6ccccc6)c6ccccc64)c4cc6c7c(cccc7c4-5)-c4ccccc4-6)cc3)nc3ccccc23)cc1. The fraction of sp³-hybridized carbons (Fsp3) is 0.0164. The maximum atomic E-state index is 5.18. The Morgan fingerprint density at radius 1 is 0.344 bits per heavy atom. The van der Waals surface area contributed by atoms with Gasteiger partial charge in [-0.05, 0) is 120 Å². The molecule has 0 unspecified atom stereocenters. The fourth-order valence-electron chi connectivity index (χ4n) is 11.4. The average molecular weight is 812 g/mol. The van der Waals surface area contributed by atoms with E-state index in [2.05, 4.69) is 217 Å². The Morgan fingerprint density at radius 3 is 1.70 bits per heavy atom. The standard InChI is InChI=1S/C61H37N3/c1-3-16-39(17-4-1)59-47-22-9-12-27-54(47)62-60(63-59)40-32-30-38(31-33-40)41-34-35-46-52(36-41)61(53-37-49-44-21-8-7-20-43(44)45-23-15-24-48(57(45)49)58(46)53)50-25-10-13-28-55(50)64(42-18-5-2-6-19-42)56-29-14-11-26-51(56)61/h1-37H. The summed E-state index contributed by atoms with van der Waals surface area (Å²) in [5.74, 6) is 0.718. The summed E-state index contributed by atoms with van der Waals surface area (Å²) in [6.07, 6.45) is 0. The third kappa shape index (κ3) is 4.76. The van der Waals surface area contributed by atoms with E-state index in [0.29, 0.717) is 0 Å². The van der Waals surface area contributed by atoms with Crippen LogP contribution in [0.25, 0.3) is 88.8 Å². The van der Waals surface area contributed by atoms with Crippen molar-refractivity contribution in [2.75, 3.05) is 4.90 Å². The van der Waals surface area contributed by atoms with Crippen LogP contribution in [0, 0.1) is 0 Å². The van der Waals surface area contributed by atoms with Crippen molar-refractivity contribution in [2.24, 2.45) is 0 Å². The number of benzene rings is 10. The zero-order valence-electron chi connectivity index (χ0n) is 34.7. The molecule has 1 aliphatic heterocycles. The molecule has 2 aliphatic carbocycles. The van der Waals surface area contributed by atoms with Gasteiger partial charge in [0, 0.05) is 22.2 Å². The van der Waals surface area contributed by atoms with Crippen molar-refractivity contribution in [1.82, 2.24) is 9.97 Å². The molecular formula is C61H37N3. The predicted octanol–water partition coefficient (Wildman–Crippen LogP) is 15.6.